The van der Waals surface area contributed by atoms with Gasteiger partial charge in [-0.3, -0.25) is 4.79 Å². The number of allylic oxidation sites excluding steroid dienone is 8. The summed E-state index contributed by atoms with van der Waals surface area (Å²) in [6, 6.07) is -0.719. The third kappa shape index (κ3) is 30.8. The first-order valence-electron chi connectivity index (χ1n) is 24.3. The second-order valence-electron chi connectivity index (χ2n) is 16.9. The summed E-state index contributed by atoms with van der Waals surface area (Å²) < 4.78 is 11.3. The molecule has 0 radical (unpaired) electrons. The van der Waals surface area contributed by atoms with Crippen LogP contribution in [0.1, 0.15) is 206 Å². The SMILES string of the molecule is CC/C=C\C/C=C\C/C=C\C/C=C\CCCCCCCCCCCCCCC(=O)NC(COC1OC(CO)C(O)C(O)C1O)C(O)CCCCCCCCCCCCC. The highest BCUT2D eigenvalue weighted by molar-refractivity contribution is 5.76. The van der Waals surface area contributed by atoms with Crippen molar-refractivity contribution in [3.05, 3.63) is 48.6 Å². The Hall–Kier alpha value is -1.85. The fourth-order valence-electron chi connectivity index (χ4n) is 7.56. The second-order valence-corrected chi connectivity index (χ2v) is 16.9. The Morgan fingerprint density at radius 2 is 1.05 bits per heavy atom. The zero-order valence-electron chi connectivity index (χ0n) is 37.7. The summed E-state index contributed by atoms with van der Waals surface area (Å²) in [6.45, 7) is 3.71. The van der Waals surface area contributed by atoms with Gasteiger partial charge in [-0.25, -0.2) is 0 Å². The van der Waals surface area contributed by atoms with Crippen molar-refractivity contribution in [2.45, 2.75) is 249 Å². The molecule has 6 N–H and O–H groups in total. The normalized spacial score (nSPS) is 21.1. The average molecular weight is 834 g/mol. The smallest absolute Gasteiger partial charge is 0.220 e. The van der Waals surface area contributed by atoms with E-state index in [0.717, 1.165) is 64.2 Å². The number of nitrogens with one attached hydrogen (secondary N) is 1. The Labute approximate surface area is 361 Å². The standard InChI is InChI=1S/C50H91NO8/c1-3-5-7-9-11-13-15-16-17-18-19-20-21-22-23-24-25-26-27-28-30-32-34-36-38-40-46(54)51-43(42-58-50-49(57)48(56)47(55)45(41-52)59-50)44(53)39-37-35-33-31-29-14-12-10-8-6-4-2/h5,7,11,13,16-17,19-20,43-45,47-50,52-53,55-57H,3-4,6,8-10,12,14-15,18,21-42H2,1-2H3,(H,51,54)/b7-5-,13-11-,17-16-,20-19-. The first kappa shape index (κ1) is 55.2. The molecule has 0 saturated carbocycles. The molecule has 1 heterocycles. The minimum absolute atomic E-state index is 0.139. The lowest BCUT2D eigenvalue weighted by molar-refractivity contribution is -0.302. The number of carbonyl (C=O) groups excluding carboxylic acids is 1. The number of hydrogen-bond acceptors (Lipinski definition) is 8. The minimum Gasteiger partial charge on any atom is -0.394 e. The van der Waals surface area contributed by atoms with Gasteiger partial charge in [-0.15, -0.1) is 0 Å². The van der Waals surface area contributed by atoms with Crippen LogP contribution in [0.3, 0.4) is 0 Å². The van der Waals surface area contributed by atoms with Crippen molar-refractivity contribution in [2.75, 3.05) is 13.2 Å². The van der Waals surface area contributed by atoms with Crippen molar-refractivity contribution in [3.63, 3.8) is 0 Å². The van der Waals surface area contributed by atoms with Gasteiger partial charge in [-0.2, -0.15) is 0 Å². The van der Waals surface area contributed by atoms with Crippen molar-refractivity contribution in [2.24, 2.45) is 0 Å². The summed E-state index contributed by atoms with van der Waals surface area (Å²) in [7, 11) is 0. The van der Waals surface area contributed by atoms with Gasteiger partial charge in [0, 0.05) is 6.42 Å². The molecule has 1 saturated heterocycles. The largest absolute Gasteiger partial charge is 0.394 e. The predicted molar refractivity (Wildman–Crippen MR) is 244 cm³/mol. The van der Waals surface area contributed by atoms with Crippen LogP contribution in [0.15, 0.2) is 48.6 Å². The molecule has 0 aromatic rings. The van der Waals surface area contributed by atoms with E-state index in [-0.39, 0.29) is 12.5 Å². The van der Waals surface area contributed by atoms with E-state index in [2.05, 4.69) is 67.8 Å². The van der Waals surface area contributed by atoms with Crippen LogP contribution in [0.5, 0.6) is 0 Å². The van der Waals surface area contributed by atoms with Crippen molar-refractivity contribution < 1.29 is 39.8 Å². The van der Waals surface area contributed by atoms with Gasteiger partial charge in [-0.05, 0) is 51.4 Å². The first-order valence-corrected chi connectivity index (χ1v) is 24.3. The van der Waals surface area contributed by atoms with Gasteiger partial charge in [0.25, 0.3) is 0 Å². The Balaban J connectivity index is 2.22. The fourth-order valence-corrected chi connectivity index (χ4v) is 7.56. The number of amides is 1. The van der Waals surface area contributed by atoms with Gasteiger partial charge in [0.05, 0.1) is 25.4 Å². The summed E-state index contributed by atoms with van der Waals surface area (Å²) in [5, 5.41) is 54.3. The quantitative estimate of drug-likeness (QED) is 0.0264. The zero-order chi connectivity index (χ0) is 43.0. The molecule has 9 nitrogen and oxygen atoms in total. The third-order valence-electron chi connectivity index (χ3n) is 11.4. The number of ether oxygens (including phenoxy) is 2. The number of aliphatic hydroxyl groups excluding tert-OH is 5. The number of carbonyl (C=O) groups is 1. The fraction of sp³-hybridized carbons (Fsp3) is 0.820. The molecule has 59 heavy (non-hydrogen) atoms. The van der Waals surface area contributed by atoms with E-state index in [4.69, 9.17) is 9.47 Å². The summed E-state index contributed by atoms with van der Waals surface area (Å²) in [4.78, 5) is 13.0. The highest BCUT2D eigenvalue weighted by Crippen LogP contribution is 2.23. The summed E-state index contributed by atoms with van der Waals surface area (Å²) in [5.74, 6) is -0.149. The van der Waals surface area contributed by atoms with Crippen LogP contribution in [0, 0.1) is 0 Å². The molecule has 1 rings (SSSR count). The Bertz CT molecular complexity index is 1060. The summed E-state index contributed by atoms with van der Waals surface area (Å²) in [6.07, 6.45) is 44.1. The highest BCUT2D eigenvalue weighted by atomic mass is 16.7. The molecule has 7 unspecified atom stereocenters. The molecule has 0 aromatic heterocycles. The molecule has 0 bridgehead atoms. The van der Waals surface area contributed by atoms with Crippen LogP contribution in [-0.2, 0) is 14.3 Å². The van der Waals surface area contributed by atoms with Crippen LogP contribution in [0.25, 0.3) is 0 Å². The number of rotatable bonds is 40. The van der Waals surface area contributed by atoms with Crippen LogP contribution in [-0.4, -0.2) is 87.5 Å². The molecule has 344 valence electrons. The van der Waals surface area contributed by atoms with Crippen LogP contribution < -0.4 is 5.32 Å². The van der Waals surface area contributed by atoms with Crippen molar-refractivity contribution in [1.29, 1.82) is 0 Å². The lowest BCUT2D eigenvalue weighted by Crippen LogP contribution is -2.60. The predicted octanol–water partition coefficient (Wildman–Crippen LogP) is 10.6. The maximum Gasteiger partial charge on any atom is 0.220 e. The first-order chi connectivity index (χ1) is 28.8. The summed E-state index contributed by atoms with van der Waals surface area (Å²) >= 11 is 0. The Morgan fingerprint density at radius 3 is 1.56 bits per heavy atom. The maximum absolute atomic E-state index is 13.0. The number of aliphatic hydroxyl groups is 5. The van der Waals surface area contributed by atoms with Gasteiger partial charge >= 0.3 is 0 Å². The molecular weight excluding hydrogens is 743 g/mol. The monoisotopic (exact) mass is 834 g/mol. The topological polar surface area (TPSA) is 149 Å². The molecule has 0 spiro atoms. The van der Waals surface area contributed by atoms with Crippen molar-refractivity contribution >= 4 is 5.91 Å². The van der Waals surface area contributed by atoms with Gasteiger partial charge in [-0.1, -0.05) is 197 Å². The third-order valence-corrected chi connectivity index (χ3v) is 11.4. The number of unbranched alkanes of at least 4 members (excludes halogenated alkanes) is 22. The molecule has 0 aromatic carbocycles. The van der Waals surface area contributed by atoms with E-state index < -0.39 is 49.5 Å². The molecule has 1 aliphatic rings. The van der Waals surface area contributed by atoms with Gasteiger partial charge in [0.1, 0.15) is 24.4 Å². The summed E-state index contributed by atoms with van der Waals surface area (Å²) in [5.41, 5.74) is 0. The van der Waals surface area contributed by atoms with E-state index in [9.17, 15) is 30.3 Å². The van der Waals surface area contributed by atoms with E-state index in [0.29, 0.717) is 12.8 Å². The maximum atomic E-state index is 13.0. The zero-order valence-corrected chi connectivity index (χ0v) is 37.7. The van der Waals surface area contributed by atoms with E-state index in [1.54, 1.807) is 0 Å². The lowest BCUT2D eigenvalue weighted by Gasteiger charge is -2.40. The van der Waals surface area contributed by atoms with Crippen LogP contribution >= 0.6 is 0 Å². The van der Waals surface area contributed by atoms with Gasteiger partial charge in [0.15, 0.2) is 6.29 Å². The number of hydrogen-bond donors (Lipinski definition) is 6. The van der Waals surface area contributed by atoms with Crippen molar-refractivity contribution in [1.82, 2.24) is 5.32 Å². The molecule has 0 aliphatic carbocycles. The molecular formula is C50H91NO8. The van der Waals surface area contributed by atoms with Crippen molar-refractivity contribution in [3.8, 4) is 0 Å². The van der Waals surface area contributed by atoms with E-state index in [1.165, 1.54) is 116 Å². The average Bonchev–Trinajstić information content (AvgIpc) is 3.23. The molecule has 1 aliphatic heterocycles. The van der Waals surface area contributed by atoms with Crippen LogP contribution in [0.4, 0.5) is 0 Å². The molecule has 7 atom stereocenters. The van der Waals surface area contributed by atoms with E-state index >= 15 is 0 Å². The molecule has 9 heteroatoms. The van der Waals surface area contributed by atoms with Gasteiger partial charge < -0.3 is 40.3 Å². The lowest BCUT2D eigenvalue weighted by atomic mass is 9.99. The Kier molecular flexibility index (Phi) is 37.6. The van der Waals surface area contributed by atoms with E-state index in [1.807, 2.05) is 0 Å². The highest BCUT2D eigenvalue weighted by Gasteiger charge is 2.44. The Morgan fingerprint density at radius 1 is 0.593 bits per heavy atom. The van der Waals surface area contributed by atoms with Gasteiger partial charge in [0.2, 0.25) is 5.91 Å². The minimum atomic E-state index is -1.55. The van der Waals surface area contributed by atoms with Crippen LogP contribution in [0.2, 0.25) is 0 Å². The second kappa shape index (κ2) is 40.2. The molecule has 1 fully saturated rings. The molecule has 1 amide bonds.